The zero-order valence-electron chi connectivity index (χ0n) is 11.3. The molecule has 0 aromatic heterocycles. The highest BCUT2D eigenvalue weighted by molar-refractivity contribution is 5.86. The summed E-state index contributed by atoms with van der Waals surface area (Å²) < 4.78 is 11.3. The molecular formula is C13H23ClN2O3. The molecule has 0 spiro atoms. The molecule has 110 valence electrons. The van der Waals surface area contributed by atoms with Crippen molar-refractivity contribution in [3.63, 3.8) is 0 Å². The maximum Gasteiger partial charge on any atom is 0.252 e. The Morgan fingerprint density at radius 1 is 1.37 bits per heavy atom. The average Bonchev–Trinajstić information content (AvgIpc) is 3.01. The van der Waals surface area contributed by atoms with Crippen molar-refractivity contribution in [1.29, 1.82) is 0 Å². The predicted octanol–water partition coefficient (Wildman–Crippen LogP) is 0.613. The van der Waals surface area contributed by atoms with Crippen LogP contribution in [0.15, 0.2) is 0 Å². The third-order valence-corrected chi connectivity index (χ3v) is 4.64. The maximum absolute atomic E-state index is 12.5. The molecule has 2 N–H and O–H groups in total. The Balaban J connectivity index is 0.00000133. The molecule has 1 amide bonds. The van der Waals surface area contributed by atoms with Crippen LogP contribution in [0.1, 0.15) is 32.1 Å². The summed E-state index contributed by atoms with van der Waals surface area (Å²) in [6.45, 7) is 1.68. The molecule has 0 aromatic carbocycles. The van der Waals surface area contributed by atoms with Crippen LogP contribution in [0.25, 0.3) is 0 Å². The topological polar surface area (TPSA) is 59.6 Å². The zero-order valence-corrected chi connectivity index (χ0v) is 12.1. The summed E-state index contributed by atoms with van der Waals surface area (Å²) in [5.74, 6) is 0.0488. The summed E-state index contributed by atoms with van der Waals surface area (Å²) in [5.41, 5.74) is -0.632. The first-order chi connectivity index (χ1) is 8.73. The molecule has 3 fully saturated rings. The summed E-state index contributed by atoms with van der Waals surface area (Å²) in [7, 11) is 1.64. The van der Waals surface area contributed by atoms with Crippen LogP contribution in [0.5, 0.6) is 0 Å². The fourth-order valence-corrected chi connectivity index (χ4v) is 3.44. The standard InChI is InChI=1S/C13H22N2O3.ClH/c1-17-13(4-6-14-7-5-13)12(16)15-10-8-9-2-3-11(10)18-9;/h9-11,14H,2-8H2,1H3,(H,15,16);1H. The second-order valence-corrected chi connectivity index (χ2v) is 5.64. The largest absolute Gasteiger partial charge is 0.373 e. The van der Waals surface area contributed by atoms with Gasteiger partial charge in [0.05, 0.1) is 18.2 Å². The van der Waals surface area contributed by atoms with E-state index >= 15 is 0 Å². The number of fused-ring (bicyclic) bond motifs is 2. The van der Waals surface area contributed by atoms with Crippen LogP contribution in [-0.4, -0.2) is 50.0 Å². The van der Waals surface area contributed by atoms with Gasteiger partial charge in [0.15, 0.2) is 0 Å². The number of nitrogens with one attached hydrogen (secondary N) is 2. The van der Waals surface area contributed by atoms with Gasteiger partial charge in [-0.05, 0) is 45.2 Å². The molecule has 3 heterocycles. The molecule has 6 heteroatoms. The van der Waals surface area contributed by atoms with Crippen molar-refractivity contribution >= 4 is 18.3 Å². The van der Waals surface area contributed by atoms with Crippen molar-refractivity contribution in [1.82, 2.24) is 10.6 Å². The highest BCUT2D eigenvalue weighted by atomic mass is 35.5. The predicted molar refractivity (Wildman–Crippen MR) is 73.5 cm³/mol. The molecule has 19 heavy (non-hydrogen) atoms. The second-order valence-electron chi connectivity index (χ2n) is 5.64. The van der Waals surface area contributed by atoms with Crippen molar-refractivity contribution in [2.75, 3.05) is 20.2 Å². The van der Waals surface area contributed by atoms with Gasteiger partial charge in [-0.25, -0.2) is 0 Å². The third kappa shape index (κ3) is 2.75. The van der Waals surface area contributed by atoms with E-state index in [2.05, 4.69) is 10.6 Å². The summed E-state index contributed by atoms with van der Waals surface area (Å²) in [4.78, 5) is 12.5. The molecule has 2 bridgehead atoms. The number of carbonyl (C=O) groups is 1. The second kappa shape index (κ2) is 5.95. The lowest BCUT2D eigenvalue weighted by Crippen LogP contribution is -2.57. The lowest BCUT2D eigenvalue weighted by atomic mass is 9.89. The number of carbonyl (C=O) groups excluding carboxylic acids is 1. The summed E-state index contributed by atoms with van der Waals surface area (Å²) >= 11 is 0. The lowest BCUT2D eigenvalue weighted by Gasteiger charge is -2.36. The van der Waals surface area contributed by atoms with Crippen molar-refractivity contribution in [2.45, 2.75) is 56.0 Å². The van der Waals surface area contributed by atoms with E-state index in [1.807, 2.05) is 0 Å². The number of halogens is 1. The number of piperidine rings is 1. The molecule has 0 aliphatic carbocycles. The Morgan fingerprint density at radius 2 is 2.11 bits per heavy atom. The average molecular weight is 291 g/mol. The minimum atomic E-state index is -0.632. The van der Waals surface area contributed by atoms with Gasteiger partial charge in [-0.2, -0.15) is 0 Å². The first-order valence-corrected chi connectivity index (χ1v) is 6.96. The highest BCUT2D eigenvalue weighted by Crippen LogP contribution is 2.35. The SMILES string of the molecule is COC1(C(=O)NC2CC3CCC2O3)CCNCC1.Cl. The Hall–Kier alpha value is -0.360. The van der Waals surface area contributed by atoms with Crippen LogP contribution in [0.3, 0.4) is 0 Å². The molecule has 3 aliphatic rings. The highest BCUT2D eigenvalue weighted by Gasteiger charge is 2.45. The summed E-state index contributed by atoms with van der Waals surface area (Å²) in [6.07, 6.45) is 5.29. The van der Waals surface area contributed by atoms with Gasteiger partial charge in [-0.3, -0.25) is 4.79 Å². The fraction of sp³-hybridized carbons (Fsp3) is 0.923. The quantitative estimate of drug-likeness (QED) is 0.800. The van der Waals surface area contributed by atoms with E-state index in [-0.39, 0.29) is 30.5 Å². The molecule has 3 saturated heterocycles. The van der Waals surface area contributed by atoms with Gasteiger partial charge in [-0.1, -0.05) is 0 Å². The monoisotopic (exact) mass is 290 g/mol. The molecule has 5 nitrogen and oxygen atoms in total. The number of methoxy groups -OCH3 is 1. The molecule has 3 atom stereocenters. The third-order valence-electron chi connectivity index (χ3n) is 4.64. The first-order valence-electron chi connectivity index (χ1n) is 6.96. The fourth-order valence-electron chi connectivity index (χ4n) is 3.44. The number of amides is 1. The van der Waals surface area contributed by atoms with Gasteiger partial charge >= 0.3 is 0 Å². The van der Waals surface area contributed by atoms with Gasteiger partial charge in [0.25, 0.3) is 5.91 Å². The number of rotatable bonds is 3. The Kier molecular flexibility index (Phi) is 4.71. The molecule has 3 aliphatic heterocycles. The van der Waals surface area contributed by atoms with E-state index in [0.717, 1.165) is 45.2 Å². The van der Waals surface area contributed by atoms with Crippen molar-refractivity contribution < 1.29 is 14.3 Å². The van der Waals surface area contributed by atoms with Crippen LogP contribution in [0.4, 0.5) is 0 Å². The Morgan fingerprint density at radius 3 is 2.63 bits per heavy atom. The Bertz CT molecular complexity index is 334. The lowest BCUT2D eigenvalue weighted by molar-refractivity contribution is -0.147. The van der Waals surface area contributed by atoms with Gasteiger partial charge in [-0.15, -0.1) is 12.4 Å². The minimum absolute atomic E-state index is 0. The van der Waals surface area contributed by atoms with Crippen molar-refractivity contribution in [3.05, 3.63) is 0 Å². The van der Waals surface area contributed by atoms with E-state index in [1.165, 1.54) is 0 Å². The minimum Gasteiger partial charge on any atom is -0.373 e. The van der Waals surface area contributed by atoms with Crippen LogP contribution >= 0.6 is 12.4 Å². The maximum atomic E-state index is 12.5. The first kappa shape index (κ1) is 15.0. The normalized spacial score (nSPS) is 35.7. The molecule has 3 unspecified atom stereocenters. The molecule has 3 rings (SSSR count). The van der Waals surface area contributed by atoms with E-state index in [4.69, 9.17) is 9.47 Å². The number of hydrogen-bond acceptors (Lipinski definition) is 4. The zero-order chi connectivity index (χ0) is 12.6. The van der Waals surface area contributed by atoms with Gasteiger partial charge in [0.2, 0.25) is 0 Å². The van der Waals surface area contributed by atoms with Gasteiger partial charge in [0, 0.05) is 7.11 Å². The van der Waals surface area contributed by atoms with E-state index < -0.39 is 5.60 Å². The van der Waals surface area contributed by atoms with E-state index in [1.54, 1.807) is 7.11 Å². The van der Waals surface area contributed by atoms with E-state index in [0.29, 0.717) is 6.10 Å². The van der Waals surface area contributed by atoms with Crippen LogP contribution < -0.4 is 10.6 Å². The molecule has 0 radical (unpaired) electrons. The summed E-state index contributed by atoms with van der Waals surface area (Å²) in [5, 5.41) is 6.42. The smallest absolute Gasteiger partial charge is 0.252 e. The van der Waals surface area contributed by atoms with Gasteiger partial charge in [0.1, 0.15) is 5.60 Å². The number of ether oxygens (including phenoxy) is 2. The number of hydrogen-bond donors (Lipinski definition) is 2. The van der Waals surface area contributed by atoms with Crippen LogP contribution in [0, 0.1) is 0 Å². The molecular weight excluding hydrogens is 268 g/mol. The van der Waals surface area contributed by atoms with Crippen molar-refractivity contribution in [3.8, 4) is 0 Å². The summed E-state index contributed by atoms with van der Waals surface area (Å²) in [6, 6.07) is 0.193. The Labute approximate surface area is 120 Å². The molecule has 0 aromatic rings. The van der Waals surface area contributed by atoms with Crippen LogP contribution in [-0.2, 0) is 14.3 Å². The van der Waals surface area contributed by atoms with Crippen molar-refractivity contribution in [2.24, 2.45) is 0 Å². The van der Waals surface area contributed by atoms with E-state index in [9.17, 15) is 4.79 Å². The van der Waals surface area contributed by atoms with Gasteiger partial charge < -0.3 is 20.1 Å². The van der Waals surface area contributed by atoms with Crippen LogP contribution in [0.2, 0.25) is 0 Å². The molecule has 0 saturated carbocycles.